The van der Waals surface area contributed by atoms with Crippen LogP contribution < -0.4 is 5.73 Å². The van der Waals surface area contributed by atoms with Crippen molar-refractivity contribution in [3.63, 3.8) is 0 Å². The summed E-state index contributed by atoms with van der Waals surface area (Å²) in [4.78, 5) is 13.8. The van der Waals surface area contributed by atoms with Crippen molar-refractivity contribution in [1.82, 2.24) is 4.90 Å². The summed E-state index contributed by atoms with van der Waals surface area (Å²) in [5.74, 6) is -0.566. The van der Waals surface area contributed by atoms with E-state index >= 15 is 0 Å². The third-order valence-electron chi connectivity index (χ3n) is 2.70. The van der Waals surface area contributed by atoms with E-state index in [2.05, 4.69) is 0 Å². The van der Waals surface area contributed by atoms with Gasteiger partial charge < -0.3 is 25.6 Å². The van der Waals surface area contributed by atoms with Gasteiger partial charge >= 0.3 is 0 Å². The predicted octanol–water partition coefficient (Wildman–Crippen LogP) is 0.535. The number of rotatable bonds is 7. The number of ether oxygens (including phenoxy) is 1. The number of hydrogen-bond donors (Lipinski definition) is 3. The summed E-state index contributed by atoms with van der Waals surface area (Å²) in [5.41, 5.74) is 5.52. The molecule has 0 heterocycles. The van der Waals surface area contributed by atoms with Crippen LogP contribution in [0, 0.1) is 0 Å². The summed E-state index contributed by atoms with van der Waals surface area (Å²) >= 11 is 0. The standard InChI is InChI=1S/C13H20N2O4/c1-19-8-7-15(6-2-5-14)13(18)11-9-10(16)3-4-12(11)17/h3-4,9,16-17H,2,5-8,14H2,1H3. The first-order valence-electron chi connectivity index (χ1n) is 6.10. The topological polar surface area (TPSA) is 96.0 Å². The van der Waals surface area contributed by atoms with Gasteiger partial charge in [0.25, 0.3) is 5.91 Å². The third kappa shape index (κ3) is 4.42. The fraction of sp³-hybridized carbons (Fsp3) is 0.462. The number of methoxy groups -OCH3 is 1. The highest BCUT2D eigenvalue weighted by molar-refractivity contribution is 5.97. The van der Waals surface area contributed by atoms with Gasteiger partial charge in [-0.05, 0) is 31.2 Å². The van der Waals surface area contributed by atoms with E-state index < -0.39 is 0 Å². The zero-order valence-electron chi connectivity index (χ0n) is 11.0. The predicted molar refractivity (Wildman–Crippen MR) is 71.2 cm³/mol. The van der Waals surface area contributed by atoms with Crippen molar-refractivity contribution < 1.29 is 19.7 Å². The van der Waals surface area contributed by atoms with Gasteiger partial charge in [0.15, 0.2) is 0 Å². The molecule has 0 aliphatic carbocycles. The second-order valence-electron chi connectivity index (χ2n) is 4.13. The monoisotopic (exact) mass is 268 g/mol. The lowest BCUT2D eigenvalue weighted by atomic mass is 10.1. The van der Waals surface area contributed by atoms with Crippen LogP contribution in [-0.4, -0.2) is 54.4 Å². The summed E-state index contributed by atoms with van der Waals surface area (Å²) in [6, 6.07) is 3.87. The molecule has 0 atom stereocenters. The van der Waals surface area contributed by atoms with Gasteiger partial charge in [-0.3, -0.25) is 4.79 Å². The highest BCUT2D eigenvalue weighted by Gasteiger charge is 2.19. The molecule has 0 aromatic heterocycles. The SMILES string of the molecule is COCCN(CCCN)C(=O)c1cc(O)ccc1O. The third-order valence-corrected chi connectivity index (χ3v) is 2.70. The Hall–Kier alpha value is -1.79. The maximum atomic E-state index is 12.3. The zero-order chi connectivity index (χ0) is 14.3. The van der Waals surface area contributed by atoms with Crippen molar-refractivity contribution in [2.45, 2.75) is 6.42 Å². The van der Waals surface area contributed by atoms with E-state index in [0.717, 1.165) is 0 Å². The summed E-state index contributed by atoms with van der Waals surface area (Å²) < 4.78 is 4.96. The summed E-state index contributed by atoms with van der Waals surface area (Å²) in [6.45, 7) is 1.76. The summed E-state index contributed by atoms with van der Waals surface area (Å²) in [6.07, 6.45) is 0.662. The number of hydrogen-bond acceptors (Lipinski definition) is 5. The van der Waals surface area contributed by atoms with Crippen molar-refractivity contribution >= 4 is 5.91 Å². The molecule has 0 fully saturated rings. The van der Waals surface area contributed by atoms with Crippen LogP contribution in [0.1, 0.15) is 16.8 Å². The molecule has 0 unspecified atom stereocenters. The molecule has 0 aliphatic rings. The lowest BCUT2D eigenvalue weighted by Gasteiger charge is -2.22. The van der Waals surface area contributed by atoms with E-state index in [1.807, 2.05) is 0 Å². The summed E-state index contributed by atoms with van der Waals surface area (Å²) in [7, 11) is 1.55. The Labute approximate surface area is 112 Å². The maximum Gasteiger partial charge on any atom is 0.257 e. The van der Waals surface area contributed by atoms with E-state index in [-0.39, 0.29) is 23.0 Å². The number of amides is 1. The van der Waals surface area contributed by atoms with Crippen LogP contribution >= 0.6 is 0 Å². The first-order chi connectivity index (χ1) is 9.10. The molecule has 0 bridgehead atoms. The van der Waals surface area contributed by atoms with Crippen LogP contribution in [0.3, 0.4) is 0 Å². The quantitative estimate of drug-likeness (QED) is 0.627. The highest BCUT2D eigenvalue weighted by atomic mass is 16.5. The van der Waals surface area contributed by atoms with Gasteiger partial charge in [-0.2, -0.15) is 0 Å². The largest absolute Gasteiger partial charge is 0.508 e. The van der Waals surface area contributed by atoms with E-state index in [1.165, 1.54) is 18.2 Å². The lowest BCUT2D eigenvalue weighted by Crippen LogP contribution is -2.35. The summed E-state index contributed by atoms with van der Waals surface area (Å²) in [5, 5.41) is 19.1. The van der Waals surface area contributed by atoms with Gasteiger partial charge in [-0.25, -0.2) is 0 Å². The Balaban J connectivity index is 2.87. The minimum Gasteiger partial charge on any atom is -0.508 e. The number of aromatic hydroxyl groups is 2. The first kappa shape index (κ1) is 15.3. The molecule has 1 aromatic rings. The minimum atomic E-state index is -0.348. The van der Waals surface area contributed by atoms with Gasteiger partial charge in [-0.15, -0.1) is 0 Å². The number of phenolic OH excluding ortho intramolecular Hbond substituents is 2. The van der Waals surface area contributed by atoms with Crippen LogP contribution in [0.25, 0.3) is 0 Å². The van der Waals surface area contributed by atoms with Crippen molar-refractivity contribution in [3.05, 3.63) is 23.8 Å². The molecule has 0 saturated heterocycles. The number of benzene rings is 1. The molecule has 4 N–H and O–H groups in total. The van der Waals surface area contributed by atoms with E-state index in [0.29, 0.717) is 32.7 Å². The number of carbonyl (C=O) groups excluding carboxylic acids is 1. The number of phenols is 2. The molecular weight excluding hydrogens is 248 g/mol. The molecular formula is C13H20N2O4. The molecule has 6 nitrogen and oxygen atoms in total. The molecule has 1 aromatic carbocycles. The molecule has 1 rings (SSSR count). The van der Waals surface area contributed by atoms with E-state index in [1.54, 1.807) is 12.0 Å². The molecule has 0 aliphatic heterocycles. The Bertz CT molecular complexity index is 415. The van der Waals surface area contributed by atoms with Crippen LogP contribution in [0.15, 0.2) is 18.2 Å². The molecule has 6 heteroatoms. The minimum absolute atomic E-state index is 0.0633. The number of carbonyl (C=O) groups is 1. The van der Waals surface area contributed by atoms with Crippen molar-refractivity contribution in [2.75, 3.05) is 33.4 Å². The van der Waals surface area contributed by atoms with E-state index in [4.69, 9.17) is 10.5 Å². The normalized spacial score (nSPS) is 10.4. The van der Waals surface area contributed by atoms with Crippen molar-refractivity contribution in [2.24, 2.45) is 5.73 Å². The van der Waals surface area contributed by atoms with Gasteiger partial charge in [0.2, 0.25) is 0 Å². The lowest BCUT2D eigenvalue weighted by molar-refractivity contribution is 0.0691. The van der Waals surface area contributed by atoms with Crippen LogP contribution in [0.5, 0.6) is 11.5 Å². The van der Waals surface area contributed by atoms with Crippen LogP contribution in [-0.2, 0) is 4.74 Å². The Kier molecular flexibility index (Phi) is 6.11. The Morgan fingerprint density at radius 3 is 2.74 bits per heavy atom. The second kappa shape index (κ2) is 7.60. The van der Waals surface area contributed by atoms with Gasteiger partial charge in [0.1, 0.15) is 11.5 Å². The highest BCUT2D eigenvalue weighted by Crippen LogP contribution is 2.23. The van der Waals surface area contributed by atoms with Gasteiger partial charge in [-0.1, -0.05) is 0 Å². The van der Waals surface area contributed by atoms with Crippen molar-refractivity contribution in [1.29, 1.82) is 0 Å². The Morgan fingerprint density at radius 1 is 1.37 bits per heavy atom. The molecule has 106 valence electrons. The first-order valence-corrected chi connectivity index (χ1v) is 6.10. The zero-order valence-corrected chi connectivity index (χ0v) is 11.0. The fourth-order valence-corrected chi connectivity index (χ4v) is 1.66. The average molecular weight is 268 g/mol. The van der Waals surface area contributed by atoms with Gasteiger partial charge in [0, 0.05) is 20.2 Å². The number of nitrogens with zero attached hydrogens (tertiary/aromatic N) is 1. The molecule has 0 spiro atoms. The fourth-order valence-electron chi connectivity index (χ4n) is 1.66. The molecule has 1 amide bonds. The van der Waals surface area contributed by atoms with Crippen molar-refractivity contribution in [3.8, 4) is 11.5 Å². The van der Waals surface area contributed by atoms with Crippen LogP contribution in [0.4, 0.5) is 0 Å². The molecule has 0 saturated carbocycles. The van der Waals surface area contributed by atoms with Crippen LogP contribution in [0.2, 0.25) is 0 Å². The second-order valence-corrected chi connectivity index (χ2v) is 4.13. The maximum absolute atomic E-state index is 12.3. The molecule has 0 radical (unpaired) electrons. The Morgan fingerprint density at radius 2 is 2.11 bits per heavy atom. The molecule has 19 heavy (non-hydrogen) atoms. The average Bonchev–Trinajstić information content (AvgIpc) is 2.41. The number of nitrogens with two attached hydrogens (primary N) is 1. The van der Waals surface area contributed by atoms with Gasteiger partial charge in [0.05, 0.1) is 12.2 Å². The smallest absolute Gasteiger partial charge is 0.257 e. The van der Waals surface area contributed by atoms with E-state index in [9.17, 15) is 15.0 Å².